The van der Waals surface area contributed by atoms with Gasteiger partial charge in [0.15, 0.2) is 0 Å². The lowest BCUT2D eigenvalue weighted by molar-refractivity contribution is -0.153. The first-order valence-electron chi connectivity index (χ1n) is 8.89. The Bertz CT molecular complexity index is 805. The number of nitrogens with one attached hydrogen (secondary N) is 2. The summed E-state index contributed by atoms with van der Waals surface area (Å²) in [5, 5.41) is 19.8. The van der Waals surface area contributed by atoms with Crippen LogP contribution in [0.1, 0.15) is 40.2 Å². The predicted octanol–water partition coefficient (Wildman–Crippen LogP) is 4.35. The number of hydrogen-bond acceptors (Lipinski definition) is 4. The maximum absolute atomic E-state index is 12.4. The van der Waals surface area contributed by atoms with Crippen molar-refractivity contribution in [1.29, 1.82) is 10.7 Å². The molecule has 0 atom stereocenters. The van der Waals surface area contributed by atoms with E-state index in [4.69, 9.17) is 27.0 Å². The molecule has 1 aliphatic rings. The zero-order valence-corrected chi connectivity index (χ0v) is 17.1. The summed E-state index contributed by atoms with van der Waals surface area (Å²) in [5.41, 5.74) is 0.433. The van der Waals surface area contributed by atoms with E-state index in [9.17, 15) is 4.79 Å². The average Bonchev–Trinajstić information content (AvgIpc) is 2.60. The van der Waals surface area contributed by atoms with E-state index in [1.165, 1.54) is 0 Å². The summed E-state index contributed by atoms with van der Waals surface area (Å²) in [6.07, 6.45) is 2.71. The van der Waals surface area contributed by atoms with Crippen LogP contribution in [0.15, 0.2) is 29.8 Å². The largest absolute Gasteiger partial charge is 0.493 e. The van der Waals surface area contributed by atoms with Crippen molar-refractivity contribution in [2.45, 2.75) is 40.7 Å². The quantitative estimate of drug-likeness (QED) is 0.561. The fourth-order valence-electron chi connectivity index (χ4n) is 4.38. The Balaban J connectivity index is 2.09. The van der Waals surface area contributed by atoms with Crippen LogP contribution in [0.3, 0.4) is 0 Å². The third-order valence-electron chi connectivity index (χ3n) is 5.77. The van der Waals surface area contributed by atoms with E-state index in [1.807, 2.05) is 6.07 Å². The summed E-state index contributed by atoms with van der Waals surface area (Å²) in [7, 11) is 0. The second-order valence-electron chi connectivity index (χ2n) is 8.05. The van der Waals surface area contributed by atoms with Crippen LogP contribution in [0.25, 0.3) is 0 Å². The molecule has 0 saturated heterocycles. The van der Waals surface area contributed by atoms with Crippen LogP contribution >= 0.6 is 11.6 Å². The zero-order valence-electron chi connectivity index (χ0n) is 16.4. The standard InChI is InChI=1S/C21H26ClN3O2/c1-6-13(10-23)18(26)25-19-20(2,3)17(21(19,4)5)12-27-15-8-7-14(11-24)16(22)9-15/h6-10,17,19,23H,12H2,1-5H3,(H,25,26)/b13-6+,23-10?. The van der Waals surface area contributed by atoms with Gasteiger partial charge in [0.05, 0.1) is 22.8 Å². The van der Waals surface area contributed by atoms with E-state index < -0.39 is 0 Å². The molecule has 1 aliphatic carbocycles. The molecule has 6 heteroatoms. The maximum atomic E-state index is 12.4. The number of nitrogens with zero attached hydrogens (tertiary/aromatic N) is 1. The molecule has 144 valence electrons. The first kappa shape index (κ1) is 21.0. The minimum Gasteiger partial charge on any atom is -0.493 e. The molecule has 2 N–H and O–H groups in total. The van der Waals surface area contributed by atoms with Gasteiger partial charge in [-0.1, -0.05) is 45.4 Å². The van der Waals surface area contributed by atoms with Gasteiger partial charge in [0.2, 0.25) is 0 Å². The molecule has 1 aromatic rings. The molecule has 2 rings (SSSR count). The summed E-state index contributed by atoms with van der Waals surface area (Å²) in [6, 6.07) is 7.03. The number of amides is 1. The minimum atomic E-state index is -0.225. The molecule has 5 nitrogen and oxygen atoms in total. The lowest BCUT2D eigenvalue weighted by Crippen LogP contribution is -2.71. The van der Waals surface area contributed by atoms with Crippen LogP contribution in [-0.2, 0) is 4.79 Å². The van der Waals surface area contributed by atoms with Crippen molar-refractivity contribution in [3.63, 3.8) is 0 Å². The maximum Gasteiger partial charge on any atom is 0.252 e. The summed E-state index contributed by atoms with van der Waals surface area (Å²) in [5.74, 6) is 0.605. The van der Waals surface area contributed by atoms with Gasteiger partial charge in [0.1, 0.15) is 11.8 Å². The van der Waals surface area contributed by atoms with Crippen molar-refractivity contribution in [3.8, 4) is 11.8 Å². The van der Waals surface area contributed by atoms with Crippen LogP contribution in [0.2, 0.25) is 5.02 Å². The number of hydrogen-bond donors (Lipinski definition) is 2. The average molecular weight is 388 g/mol. The lowest BCUT2D eigenvalue weighted by Gasteiger charge is -2.64. The highest BCUT2D eigenvalue weighted by Gasteiger charge is 2.62. The van der Waals surface area contributed by atoms with Crippen LogP contribution in [-0.4, -0.2) is 24.8 Å². The molecule has 0 spiro atoms. The Morgan fingerprint density at radius 1 is 1.37 bits per heavy atom. The van der Waals surface area contributed by atoms with E-state index in [-0.39, 0.29) is 28.7 Å². The Kier molecular flexibility index (Phi) is 6.01. The topological polar surface area (TPSA) is 86.0 Å². The van der Waals surface area contributed by atoms with Crippen molar-refractivity contribution in [2.24, 2.45) is 16.7 Å². The van der Waals surface area contributed by atoms with Gasteiger partial charge in [-0.2, -0.15) is 5.26 Å². The van der Waals surface area contributed by atoms with Crippen molar-refractivity contribution in [1.82, 2.24) is 5.32 Å². The van der Waals surface area contributed by atoms with Crippen molar-refractivity contribution < 1.29 is 9.53 Å². The second kappa shape index (κ2) is 7.74. The molecule has 1 fully saturated rings. The Labute approximate surface area is 165 Å². The third-order valence-corrected chi connectivity index (χ3v) is 6.08. The first-order chi connectivity index (χ1) is 12.6. The molecule has 1 aromatic carbocycles. The summed E-state index contributed by atoms with van der Waals surface area (Å²) in [6.45, 7) is 10.7. The fourth-order valence-corrected chi connectivity index (χ4v) is 4.59. The molecule has 1 amide bonds. The summed E-state index contributed by atoms with van der Waals surface area (Å²) >= 11 is 6.07. The number of allylic oxidation sites excluding steroid dienone is 1. The molecule has 0 aliphatic heterocycles. The van der Waals surface area contributed by atoms with E-state index in [2.05, 4.69) is 33.0 Å². The van der Waals surface area contributed by atoms with Crippen molar-refractivity contribution in [3.05, 3.63) is 40.4 Å². The molecule has 0 radical (unpaired) electrons. The van der Waals surface area contributed by atoms with E-state index >= 15 is 0 Å². The molecule has 0 unspecified atom stereocenters. The van der Waals surface area contributed by atoms with Gasteiger partial charge >= 0.3 is 0 Å². The monoisotopic (exact) mass is 387 g/mol. The fraction of sp³-hybridized carbons (Fsp3) is 0.476. The van der Waals surface area contributed by atoms with Crippen molar-refractivity contribution >= 4 is 23.7 Å². The third kappa shape index (κ3) is 3.86. The molecular weight excluding hydrogens is 362 g/mol. The van der Waals surface area contributed by atoms with Crippen molar-refractivity contribution in [2.75, 3.05) is 6.61 Å². The van der Waals surface area contributed by atoms with Crippen LogP contribution in [0.4, 0.5) is 0 Å². The smallest absolute Gasteiger partial charge is 0.252 e. The van der Waals surface area contributed by atoms with Crippen LogP contribution in [0.5, 0.6) is 5.75 Å². The Morgan fingerprint density at radius 3 is 2.48 bits per heavy atom. The highest BCUT2D eigenvalue weighted by Crippen LogP contribution is 2.58. The number of nitriles is 1. The van der Waals surface area contributed by atoms with E-state index in [0.717, 1.165) is 6.21 Å². The molecular formula is C21H26ClN3O2. The van der Waals surface area contributed by atoms with Crippen LogP contribution in [0, 0.1) is 33.5 Å². The second-order valence-corrected chi connectivity index (χ2v) is 8.46. The highest BCUT2D eigenvalue weighted by atomic mass is 35.5. The highest BCUT2D eigenvalue weighted by molar-refractivity contribution is 6.31. The first-order valence-corrected chi connectivity index (χ1v) is 9.27. The van der Waals surface area contributed by atoms with Gasteiger partial charge < -0.3 is 15.5 Å². The van der Waals surface area contributed by atoms with Gasteiger partial charge in [-0.25, -0.2) is 0 Å². The van der Waals surface area contributed by atoms with Gasteiger partial charge in [-0.3, -0.25) is 4.79 Å². The van der Waals surface area contributed by atoms with Crippen LogP contribution < -0.4 is 10.1 Å². The van der Waals surface area contributed by atoms with E-state index in [1.54, 1.807) is 31.2 Å². The predicted molar refractivity (Wildman–Crippen MR) is 107 cm³/mol. The zero-order chi connectivity index (χ0) is 20.4. The number of halogens is 1. The normalized spacial score (nSPS) is 22.9. The number of rotatable bonds is 6. The summed E-state index contributed by atoms with van der Waals surface area (Å²) < 4.78 is 5.95. The number of benzene rings is 1. The molecule has 0 heterocycles. The van der Waals surface area contributed by atoms with E-state index in [0.29, 0.717) is 28.5 Å². The minimum absolute atomic E-state index is 0.0365. The lowest BCUT2D eigenvalue weighted by atomic mass is 9.44. The number of carbonyl (C=O) groups is 1. The molecule has 27 heavy (non-hydrogen) atoms. The van der Waals surface area contributed by atoms with Gasteiger partial charge in [-0.05, 0) is 29.9 Å². The number of ether oxygens (including phenoxy) is 1. The molecule has 0 bridgehead atoms. The van der Waals surface area contributed by atoms with Gasteiger partial charge in [0.25, 0.3) is 5.91 Å². The Morgan fingerprint density at radius 2 is 2.00 bits per heavy atom. The Hall–Kier alpha value is -2.32. The molecule has 1 saturated carbocycles. The molecule has 0 aromatic heterocycles. The van der Waals surface area contributed by atoms with Gasteiger partial charge in [0, 0.05) is 24.2 Å². The van der Waals surface area contributed by atoms with Gasteiger partial charge in [-0.15, -0.1) is 0 Å². The SMILES string of the molecule is C/C=C(\C=N)C(=O)NC1C(C)(C)C(COc2ccc(C#N)c(Cl)c2)C1(C)C. The summed E-state index contributed by atoms with van der Waals surface area (Å²) in [4.78, 5) is 12.4. The number of carbonyl (C=O) groups excluding carboxylic acids is 1.